The minimum Gasteiger partial charge on any atom is -0.396 e. The number of hydrogen-bond acceptors (Lipinski definition) is 2. The van der Waals surface area contributed by atoms with Crippen LogP contribution < -0.4 is 4.90 Å². The van der Waals surface area contributed by atoms with Crippen LogP contribution in [0.4, 0.5) is 5.69 Å². The van der Waals surface area contributed by atoms with Crippen LogP contribution in [0, 0.1) is 0 Å². The number of hydrogen-bond donors (Lipinski definition) is 1. The highest BCUT2D eigenvalue weighted by molar-refractivity contribution is 5.59. The van der Waals surface area contributed by atoms with E-state index in [9.17, 15) is 0 Å². The molecule has 1 N–H and O–H groups in total. The molecule has 1 aromatic carbocycles. The zero-order valence-corrected chi connectivity index (χ0v) is 9.48. The SMILES string of the molecule is CC(C)N1c2ccccc2CC1CCO. The van der Waals surface area contributed by atoms with Crippen molar-refractivity contribution in [3.8, 4) is 0 Å². The molecule has 0 fully saturated rings. The molecule has 82 valence electrons. The van der Waals surface area contributed by atoms with E-state index >= 15 is 0 Å². The Kier molecular flexibility index (Phi) is 2.96. The second-order valence-electron chi connectivity index (χ2n) is 4.50. The standard InChI is InChI=1S/C13H19NO/c1-10(2)14-12(7-8-15)9-11-5-3-4-6-13(11)14/h3-6,10,12,15H,7-9H2,1-2H3. The van der Waals surface area contributed by atoms with Crippen molar-refractivity contribution in [2.24, 2.45) is 0 Å². The molecule has 0 aromatic heterocycles. The van der Waals surface area contributed by atoms with Gasteiger partial charge >= 0.3 is 0 Å². The van der Waals surface area contributed by atoms with E-state index in [2.05, 4.69) is 43.0 Å². The quantitative estimate of drug-likeness (QED) is 0.817. The lowest BCUT2D eigenvalue weighted by atomic mass is 10.1. The maximum Gasteiger partial charge on any atom is 0.0450 e. The van der Waals surface area contributed by atoms with E-state index in [4.69, 9.17) is 5.11 Å². The number of nitrogens with zero attached hydrogens (tertiary/aromatic N) is 1. The van der Waals surface area contributed by atoms with Crippen LogP contribution in [0.15, 0.2) is 24.3 Å². The van der Waals surface area contributed by atoms with Crippen molar-refractivity contribution in [3.05, 3.63) is 29.8 Å². The first-order valence-electron chi connectivity index (χ1n) is 5.71. The fraction of sp³-hybridized carbons (Fsp3) is 0.538. The van der Waals surface area contributed by atoms with Gasteiger partial charge in [-0.15, -0.1) is 0 Å². The second-order valence-corrected chi connectivity index (χ2v) is 4.50. The number of rotatable bonds is 3. The zero-order chi connectivity index (χ0) is 10.8. The molecule has 2 rings (SSSR count). The van der Waals surface area contributed by atoms with E-state index in [-0.39, 0.29) is 6.61 Å². The summed E-state index contributed by atoms with van der Waals surface area (Å²) < 4.78 is 0. The fourth-order valence-corrected chi connectivity index (χ4v) is 2.57. The van der Waals surface area contributed by atoms with Gasteiger partial charge in [0, 0.05) is 24.4 Å². The highest BCUT2D eigenvalue weighted by Crippen LogP contribution is 2.34. The summed E-state index contributed by atoms with van der Waals surface area (Å²) in [5.41, 5.74) is 2.77. The first-order chi connectivity index (χ1) is 7.24. The number of aliphatic hydroxyl groups excluding tert-OH is 1. The van der Waals surface area contributed by atoms with Gasteiger partial charge in [-0.05, 0) is 38.3 Å². The van der Waals surface area contributed by atoms with E-state index < -0.39 is 0 Å². The number of fused-ring (bicyclic) bond motifs is 1. The number of benzene rings is 1. The number of aliphatic hydroxyl groups is 1. The summed E-state index contributed by atoms with van der Waals surface area (Å²) in [5.74, 6) is 0. The van der Waals surface area contributed by atoms with Crippen molar-refractivity contribution < 1.29 is 5.11 Å². The third-order valence-electron chi connectivity index (χ3n) is 3.14. The van der Waals surface area contributed by atoms with Crippen LogP contribution in [0.25, 0.3) is 0 Å². The topological polar surface area (TPSA) is 23.5 Å². The van der Waals surface area contributed by atoms with Crippen LogP contribution in [-0.4, -0.2) is 23.8 Å². The summed E-state index contributed by atoms with van der Waals surface area (Å²) in [6.07, 6.45) is 1.95. The monoisotopic (exact) mass is 205 g/mol. The van der Waals surface area contributed by atoms with Crippen molar-refractivity contribution in [2.45, 2.75) is 38.8 Å². The van der Waals surface area contributed by atoms with Gasteiger partial charge in [0.05, 0.1) is 0 Å². The lowest BCUT2D eigenvalue weighted by Gasteiger charge is -2.31. The molecule has 0 aliphatic carbocycles. The first-order valence-corrected chi connectivity index (χ1v) is 5.71. The van der Waals surface area contributed by atoms with E-state index in [1.807, 2.05) is 0 Å². The molecule has 15 heavy (non-hydrogen) atoms. The van der Waals surface area contributed by atoms with Gasteiger partial charge in [-0.3, -0.25) is 0 Å². The highest BCUT2D eigenvalue weighted by Gasteiger charge is 2.29. The summed E-state index contributed by atoms with van der Waals surface area (Å²) >= 11 is 0. The molecule has 1 atom stereocenters. The molecule has 1 heterocycles. The molecule has 2 nitrogen and oxygen atoms in total. The van der Waals surface area contributed by atoms with E-state index in [1.165, 1.54) is 11.3 Å². The van der Waals surface area contributed by atoms with E-state index in [0.29, 0.717) is 12.1 Å². The van der Waals surface area contributed by atoms with Crippen molar-refractivity contribution in [1.82, 2.24) is 0 Å². The minimum atomic E-state index is 0.280. The van der Waals surface area contributed by atoms with Crippen molar-refractivity contribution in [1.29, 1.82) is 0 Å². The Labute approximate surface area is 91.5 Å². The smallest absolute Gasteiger partial charge is 0.0450 e. The Bertz CT molecular complexity index is 335. The summed E-state index contributed by atoms with van der Waals surface area (Å²) in [5, 5.41) is 9.08. The average molecular weight is 205 g/mol. The molecule has 1 aliphatic heterocycles. The highest BCUT2D eigenvalue weighted by atomic mass is 16.3. The van der Waals surface area contributed by atoms with Crippen LogP contribution in [-0.2, 0) is 6.42 Å². The predicted octanol–water partition coefficient (Wildman–Crippen LogP) is 2.21. The number of anilines is 1. The van der Waals surface area contributed by atoms with Gasteiger partial charge in [0.15, 0.2) is 0 Å². The van der Waals surface area contributed by atoms with Crippen molar-refractivity contribution in [3.63, 3.8) is 0 Å². The average Bonchev–Trinajstić information content (AvgIpc) is 2.56. The van der Waals surface area contributed by atoms with Gasteiger partial charge in [0.25, 0.3) is 0 Å². The van der Waals surface area contributed by atoms with Crippen LogP contribution in [0.2, 0.25) is 0 Å². The van der Waals surface area contributed by atoms with Crippen LogP contribution in [0.5, 0.6) is 0 Å². The van der Waals surface area contributed by atoms with Crippen LogP contribution in [0.3, 0.4) is 0 Å². The molecule has 0 saturated heterocycles. The largest absolute Gasteiger partial charge is 0.396 e. The molecule has 2 heteroatoms. The summed E-state index contributed by atoms with van der Waals surface area (Å²) in [6.45, 7) is 4.71. The third kappa shape index (κ3) is 1.86. The zero-order valence-electron chi connectivity index (χ0n) is 9.48. The molecular formula is C13H19NO. The van der Waals surface area contributed by atoms with Gasteiger partial charge in [0.1, 0.15) is 0 Å². The molecule has 0 radical (unpaired) electrons. The fourth-order valence-electron chi connectivity index (χ4n) is 2.57. The third-order valence-corrected chi connectivity index (χ3v) is 3.14. The van der Waals surface area contributed by atoms with E-state index in [0.717, 1.165) is 12.8 Å². The van der Waals surface area contributed by atoms with Crippen LogP contribution >= 0.6 is 0 Å². The Morgan fingerprint density at radius 3 is 2.80 bits per heavy atom. The van der Waals surface area contributed by atoms with Crippen LogP contribution in [0.1, 0.15) is 25.8 Å². The van der Waals surface area contributed by atoms with Gasteiger partial charge in [-0.1, -0.05) is 18.2 Å². The van der Waals surface area contributed by atoms with Crippen molar-refractivity contribution >= 4 is 5.69 Å². The summed E-state index contributed by atoms with van der Waals surface area (Å²) in [4.78, 5) is 2.44. The Hall–Kier alpha value is -1.02. The Balaban J connectivity index is 2.29. The Morgan fingerprint density at radius 1 is 1.40 bits per heavy atom. The normalized spacial score (nSPS) is 19.7. The molecule has 1 unspecified atom stereocenters. The van der Waals surface area contributed by atoms with Gasteiger partial charge in [-0.25, -0.2) is 0 Å². The molecule has 1 aliphatic rings. The lowest BCUT2D eigenvalue weighted by Crippen LogP contribution is -2.38. The van der Waals surface area contributed by atoms with Gasteiger partial charge < -0.3 is 10.0 Å². The minimum absolute atomic E-state index is 0.280. The Morgan fingerprint density at radius 2 is 2.13 bits per heavy atom. The summed E-state index contributed by atoms with van der Waals surface area (Å²) in [7, 11) is 0. The van der Waals surface area contributed by atoms with Crippen molar-refractivity contribution in [2.75, 3.05) is 11.5 Å². The molecule has 1 aromatic rings. The molecule has 0 spiro atoms. The lowest BCUT2D eigenvalue weighted by molar-refractivity contribution is 0.272. The first kappa shape index (κ1) is 10.5. The van der Waals surface area contributed by atoms with E-state index in [1.54, 1.807) is 0 Å². The molecule has 0 bridgehead atoms. The maximum absolute atomic E-state index is 9.08. The van der Waals surface area contributed by atoms with Gasteiger partial charge in [-0.2, -0.15) is 0 Å². The number of para-hydroxylation sites is 1. The predicted molar refractivity (Wildman–Crippen MR) is 63.3 cm³/mol. The molecular weight excluding hydrogens is 186 g/mol. The second kappa shape index (κ2) is 4.23. The summed E-state index contributed by atoms with van der Waals surface area (Å²) in [6, 6.07) is 9.56. The molecule has 0 amide bonds. The maximum atomic E-state index is 9.08. The molecule has 0 saturated carbocycles. The van der Waals surface area contributed by atoms with Gasteiger partial charge in [0.2, 0.25) is 0 Å².